The molecule has 1 aromatic heterocycles. The fraction of sp³-hybridized carbons (Fsp3) is 0.368. The normalized spacial score (nSPS) is 10.5. The van der Waals surface area contributed by atoms with E-state index in [-0.39, 0.29) is 16.1 Å². The number of hydrogen-bond acceptors (Lipinski definition) is 6. The summed E-state index contributed by atoms with van der Waals surface area (Å²) in [5.41, 5.74) is -0.318. The number of rotatable bonds is 7. The Labute approximate surface area is 180 Å². The molecule has 0 aliphatic heterocycles. The second-order valence-corrected chi connectivity index (χ2v) is 7.21. The Balaban J connectivity index is 2.51. The fourth-order valence-electron chi connectivity index (χ4n) is 2.85. The summed E-state index contributed by atoms with van der Waals surface area (Å²) in [5.74, 6) is -0.00390. The molecule has 0 saturated carbocycles. The average Bonchev–Trinajstić information content (AvgIpc) is 2.71. The standard InChI is InChI=1S/C19H23BrN4O6/c1-10(25)21-7-6-11-8-13(29-4)14(30-5)9-12(11)22-17(26)16-15(20)18(27)24(3)19(28)23(16)2/h8-9H,6-7H2,1-5H3,(H,21,25)(H,22,26). The van der Waals surface area contributed by atoms with Crippen LogP contribution in [-0.4, -0.2) is 41.7 Å². The molecule has 0 fully saturated rings. The predicted molar refractivity (Wildman–Crippen MR) is 115 cm³/mol. The van der Waals surface area contributed by atoms with Crippen molar-refractivity contribution < 1.29 is 19.1 Å². The molecule has 0 spiro atoms. The molecule has 2 N–H and O–H groups in total. The Hall–Kier alpha value is -3.08. The minimum atomic E-state index is -0.660. The van der Waals surface area contributed by atoms with Gasteiger partial charge in [-0.3, -0.25) is 23.5 Å². The number of benzene rings is 1. The predicted octanol–water partition coefficient (Wildman–Crippen LogP) is 0.795. The number of anilines is 1. The highest BCUT2D eigenvalue weighted by atomic mass is 79.9. The summed E-state index contributed by atoms with van der Waals surface area (Å²) in [6.07, 6.45) is 0.395. The van der Waals surface area contributed by atoms with E-state index < -0.39 is 17.2 Å². The van der Waals surface area contributed by atoms with Crippen LogP contribution in [-0.2, 0) is 25.3 Å². The molecule has 10 nitrogen and oxygen atoms in total. The Bertz CT molecular complexity index is 1070. The molecule has 0 aliphatic carbocycles. The van der Waals surface area contributed by atoms with Gasteiger partial charge < -0.3 is 20.1 Å². The Morgan fingerprint density at radius 3 is 2.23 bits per heavy atom. The first-order valence-electron chi connectivity index (χ1n) is 8.88. The van der Waals surface area contributed by atoms with Crippen LogP contribution in [0.4, 0.5) is 5.69 Å². The summed E-state index contributed by atoms with van der Waals surface area (Å²) in [6, 6.07) is 3.27. The van der Waals surface area contributed by atoms with Gasteiger partial charge in [-0.05, 0) is 34.0 Å². The van der Waals surface area contributed by atoms with Crippen molar-refractivity contribution in [3.05, 3.63) is 48.7 Å². The summed E-state index contributed by atoms with van der Waals surface area (Å²) in [7, 11) is 5.67. The SMILES string of the molecule is COc1cc(CCNC(C)=O)c(NC(=O)c2c(Br)c(=O)n(C)c(=O)n2C)cc1OC. The Morgan fingerprint density at radius 2 is 1.67 bits per heavy atom. The number of carbonyl (C=O) groups is 2. The van der Waals surface area contributed by atoms with Crippen LogP contribution in [0.3, 0.4) is 0 Å². The fourth-order valence-corrected chi connectivity index (χ4v) is 3.57. The van der Waals surface area contributed by atoms with Gasteiger partial charge in [0.25, 0.3) is 11.5 Å². The zero-order valence-corrected chi connectivity index (χ0v) is 18.9. The molecule has 0 aliphatic rings. The number of aromatic nitrogens is 2. The molecule has 1 aromatic carbocycles. The molecule has 2 aromatic rings. The molecule has 30 heavy (non-hydrogen) atoms. The largest absolute Gasteiger partial charge is 0.493 e. The van der Waals surface area contributed by atoms with Crippen LogP contribution >= 0.6 is 15.9 Å². The molecule has 0 bridgehead atoms. The number of hydrogen-bond donors (Lipinski definition) is 2. The summed E-state index contributed by atoms with van der Waals surface area (Å²) >= 11 is 3.11. The topological polar surface area (TPSA) is 121 Å². The highest BCUT2D eigenvalue weighted by Crippen LogP contribution is 2.34. The summed E-state index contributed by atoms with van der Waals surface area (Å²) in [6.45, 7) is 1.74. The van der Waals surface area contributed by atoms with E-state index in [1.54, 1.807) is 12.1 Å². The van der Waals surface area contributed by atoms with E-state index in [0.29, 0.717) is 35.7 Å². The highest BCUT2D eigenvalue weighted by molar-refractivity contribution is 9.10. The smallest absolute Gasteiger partial charge is 0.331 e. The second-order valence-electron chi connectivity index (χ2n) is 6.42. The lowest BCUT2D eigenvalue weighted by molar-refractivity contribution is -0.118. The van der Waals surface area contributed by atoms with Crippen molar-refractivity contribution in [1.82, 2.24) is 14.5 Å². The first-order valence-corrected chi connectivity index (χ1v) is 9.67. The van der Waals surface area contributed by atoms with Crippen LogP contribution in [0.1, 0.15) is 23.0 Å². The average molecular weight is 483 g/mol. The quantitative estimate of drug-likeness (QED) is 0.601. The van der Waals surface area contributed by atoms with Crippen molar-refractivity contribution in [3.8, 4) is 11.5 Å². The van der Waals surface area contributed by atoms with Gasteiger partial charge in [-0.2, -0.15) is 0 Å². The van der Waals surface area contributed by atoms with Crippen molar-refractivity contribution in [2.45, 2.75) is 13.3 Å². The molecule has 0 unspecified atom stereocenters. The number of nitrogens with one attached hydrogen (secondary N) is 2. The van der Waals surface area contributed by atoms with Crippen LogP contribution in [0.25, 0.3) is 0 Å². The van der Waals surface area contributed by atoms with Gasteiger partial charge >= 0.3 is 5.69 Å². The summed E-state index contributed by atoms with van der Waals surface area (Å²) in [4.78, 5) is 48.6. The first kappa shape index (κ1) is 23.2. The number of ether oxygens (including phenoxy) is 2. The highest BCUT2D eigenvalue weighted by Gasteiger charge is 2.22. The molecule has 11 heteroatoms. The lowest BCUT2D eigenvalue weighted by atomic mass is 10.1. The second kappa shape index (κ2) is 9.61. The van der Waals surface area contributed by atoms with Crippen molar-refractivity contribution in [3.63, 3.8) is 0 Å². The first-order chi connectivity index (χ1) is 14.1. The molecule has 0 radical (unpaired) electrons. The molecule has 0 saturated heterocycles. The third kappa shape index (κ3) is 4.73. The van der Waals surface area contributed by atoms with Crippen LogP contribution in [0.5, 0.6) is 11.5 Å². The van der Waals surface area contributed by atoms with Crippen LogP contribution in [0, 0.1) is 0 Å². The Morgan fingerprint density at radius 1 is 1.07 bits per heavy atom. The van der Waals surface area contributed by atoms with Gasteiger partial charge in [0, 0.05) is 39.3 Å². The zero-order chi connectivity index (χ0) is 22.6. The minimum Gasteiger partial charge on any atom is -0.493 e. The minimum absolute atomic E-state index is 0.0372. The van der Waals surface area contributed by atoms with Gasteiger partial charge in [0.05, 0.1) is 14.2 Å². The monoisotopic (exact) mass is 482 g/mol. The number of carbonyl (C=O) groups excluding carboxylic acids is 2. The number of methoxy groups -OCH3 is 2. The maximum absolute atomic E-state index is 13.0. The zero-order valence-electron chi connectivity index (χ0n) is 17.3. The van der Waals surface area contributed by atoms with Gasteiger partial charge in [0.15, 0.2) is 11.5 Å². The molecule has 2 amide bonds. The van der Waals surface area contributed by atoms with E-state index in [4.69, 9.17) is 9.47 Å². The summed E-state index contributed by atoms with van der Waals surface area (Å²) < 4.78 is 12.6. The molecule has 1 heterocycles. The van der Waals surface area contributed by atoms with Crippen molar-refractivity contribution in [2.75, 3.05) is 26.1 Å². The summed E-state index contributed by atoms with van der Waals surface area (Å²) in [5, 5.41) is 5.41. The van der Waals surface area contributed by atoms with E-state index in [9.17, 15) is 19.2 Å². The maximum Gasteiger partial charge on any atom is 0.331 e. The molecular formula is C19H23BrN4O6. The van der Waals surface area contributed by atoms with Gasteiger partial charge in [0.2, 0.25) is 5.91 Å². The maximum atomic E-state index is 13.0. The number of halogens is 1. The van der Waals surface area contributed by atoms with E-state index in [0.717, 1.165) is 9.13 Å². The van der Waals surface area contributed by atoms with E-state index in [1.165, 1.54) is 35.2 Å². The van der Waals surface area contributed by atoms with E-state index in [1.807, 2.05) is 0 Å². The third-order valence-corrected chi connectivity index (χ3v) is 5.17. The van der Waals surface area contributed by atoms with E-state index in [2.05, 4.69) is 26.6 Å². The van der Waals surface area contributed by atoms with Gasteiger partial charge in [0.1, 0.15) is 10.2 Å². The third-order valence-electron chi connectivity index (χ3n) is 4.45. The van der Waals surface area contributed by atoms with Crippen LogP contribution < -0.4 is 31.4 Å². The van der Waals surface area contributed by atoms with Gasteiger partial charge in [-0.1, -0.05) is 0 Å². The molecule has 0 atom stereocenters. The van der Waals surface area contributed by atoms with Crippen molar-refractivity contribution in [2.24, 2.45) is 14.1 Å². The Kier molecular flexibility index (Phi) is 7.43. The lowest BCUT2D eigenvalue weighted by Crippen LogP contribution is -2.41. The van der Waals surface area contributed by atoms with Crippen molar-refractivity contribution >= 4 is 33.4 Å². The van der Waals surface area contributed by atoms with Gasteiger partial charge in [-0.15, -0.1) is 0 Å². The van der Waals surface area contributed by atoms with Crippen molar-refractivity contribution in [1.29, 1.82) is 0 Å². The molecule has 162 valence electrons. The molecular weight excluding hydrogens is 460 g/mol. The number of nitrogens with zero attached hydrogens (tertiary/aromatic N) is 2. The molecule has 2 rings (SSSR count). The van der Waals surface area contributed by atoms with E-state index >= 15 is 0 Å². The van der Waals surface area contributed by atoms with Gasteiger partial charge in [-0.25, -0.2) is 4.79 Å². The lowest BCUT2D eigenvalue weighted by Gasteiger charge is -2.17. The van der Waals surface area contributed by atoms with Crippen LogP contribution in [0.2, 0.25) is 0 Å². The van der Waals surface area contributed by atoms with Crippen LogP contribution in [0.15, 0.2) is 26.2 Å². The number of amides is 2.